The quantitative estimate of drug-likeness (QED) is 0.826. The monoisotopic (exact) mass is 350 g/mol. The van der Waals surface area contributed by atoms with E-state index in [2.05, 4.69) is 13.8 Å². The Morgan fingerprint density at radius 3 is 1.54 bits per heavy atom. The molecule has 4 nitrogen and oxygen atoms in total. The summed E-state index contributed by atoms with van der Waals surface area (Å²) in [7, 11) is 0. The Morgan fingerprint density at radius 1 is 0.769 bits per heavy atom. The first-order chi connectivity index (χ1) is 12.5. The molecule has 2 aromatic rings. The Hall–Kier alpha value is -2.36. The van der Waals surface area contributed by atoms with Crippen molar-refractivity contribution in [2.45, 2.75) is 26.7 Å². The normalized spacial score (nSPS) is 23.0. The maximum Gasteiger partial charge on any atom is 0.253 e. The van der Waals surface area contributed by atoms with Crippen molar-refractivity contribution in [1.29, 1.82) is 0 Å². The second-order valence-electron chi connectivity index (χ2n) is 8.07. The summed E-state index contributed by atoms with van der Waals surface area (Å²) in [4.78, 5) is 29.2. The lowest BCUT2D eigenvalue weighted by atomic mass is 10.0. The van der Waals surface area contributed by atoms with E-state index < -0.39 is 0 Å². The number of amides is 2. The minimum Gasteiger partial charge on any atom is -0.338 e. The van der Waals surface area contributed by atoms with Crippen LogP contribution in [0.5, 0.6) is 0 Å². The van der Waals surface area contributed by atoms with Gasteiger partial charge in [-0.3, -0.25) is 9.59 Å². The summed E-state index contributed by atoms with van der Waals surface area (Å²) in [6.45, 7) is 7.76. The van der Waals surface area contributed by atoms with Gasteiger partial charge in [0, 0.05) is 37.3 Å². The average molecular weight is 350 g/mol. The van der Waals surface area contributed by atoms with Crippen molar-refractivity contribution < 1.29 is 9.59 Å². The Morgan fingerprint density at radius 2 is 1.19 bits per heavy atom. The van der Waals surface area contributed by atoms with Gasteiger partial charge in [0.1, 0.15) is 0 Å². The van der Waals surface area contributed by atoms with Gasteiger partial charge in [-0.25, -0.2) is 0 Å². The molecule has 2 aliphatic heterocycles. The van der Waals surface area contributed by atoms with Crippen LogP contribution in [-0.2, 0) is 0 Å². The van der Waals surface area contributed by atoms with Crippen LogP contribution in [0, 0.1) is 11.8 Å². The number of carbonyl (C=O) groups excluding carboxylic acids is 2. The van der Waals surface area contributed by atoms with Crippen molar-refractivity contribution in [3.63, 3.8) is 0 Å². The van der Waals surface area contributed by atoms with Gasteiger partial charge in [-0.2, -0.15) is 0 Å². The summed E-state index contributed by atoms with van der Waals surface area (Å²) in [5.41, 5.74) is 1.47. The third-order valence-electron chi connectivity index (χ3n) is 5.76. The van der Waals surface area contributed by atoms with Crippen molar-refractivity contribution in [3.05, 3.63) is 47.5 Å². The van der Waals surface area contributed by atoms with Gasteiger partial charge in [0.25, 0.3) is 11.8 Å². The van der Waals surface area contributed by atoms with Crippen LogP contribution in [0.3, 0.4) is 0 Å². The average Bonchev–Trinajstić information content (AvgIpc) is 3.28. The third-order valence-corrected chi connectivity index (χ3v) is 5.76. The SMILES string of the molecule is CC1CCN(C(=O)c2ccc3cc(C(=O)N4CCC(C)C4)ccc3c2)C1. The molecular formula is C22H26N2O2. The van der Waals surface area contributed by atoms with Crippen LogP contribution in [-0.4, -0.2) is 47.8 Å². The first-order valence-corrected chi connectivity index (χ1v) is 9.63. The smallest absolute Gasteiger partial charge is 0.253 e. The first kappa shape index (κ1) is 17.1. The zero-order valence-corrected chi connectivity index (χ0v) is 15.6. The number of nitrogens with zero attached hydrogens (tertiary/aromatic N) is 2. The number of rotatable bonds is 2. The molecule has 2 heterocycles. The fourth-order valence-corrected chi connectivity index (χ4v) is 4.12. The highest BCUT2D eigenvalue weighted by molar-refractivity contribution is 6.02. The molecule has 0 aromatic heterocycles. The predicted octanol–water partition coefficient (Wildman–Crippen LogP) is 3.80. The van der Waals surface area contributed by atoms with Gasteiger partial charge >= 0.3 is 0 Å². The van der Waals surface area contributed by atoms with Gasteiger partial charge in [0.2, 0.25) is 0 Å². The topological polar surface area (TPSA) is 40.6 Å². The summed E-state index contributed by atoms with van der Waals surface area (Å²) >= 11 is 0. The number of hydrogen-bond donors (Lipinski definition) is 0. The fourth-order valence-electron chi connectivity index (χ4n) is 4.12. The van der Waals surface area contributed by atoms with E-state index in [0.29, 0.717) is 11.8 Å². The number of benzene rings is 2. The zero-order valence-electron chi connectivity index (χ0n) is 15.6. The summed E-state index contributed by atoms with van der Waals surface area (Å²) in [6.07, 6.45) is 2.17. The summed E-state index contributed by atoms with van der Waals surface area (Å²) in [6, 6.07) is 11.6. The summed E-state index contributed by atoms with van der Waals surface area (Å²) in [5.74, 6) is 1.40. The molecule has 0 spiro atoms. The molecule has 4 heteroatoms. The first-order valence-electron chi connectivity index (χ1n) is 9.63. The molecule has 2 amide bonds. The number of fused-ring (bicyclic) bond motifs is 1. The maximum atomic E-state index is 12.7. The van der Waals surface area contributed by atoms with Crippen LogP contribution in [0.25, 0.3) is 10.8 Å². The Kier molecular flexibility index (Phi) is 4.43. The molecule has 136 valence electrons. The lowest BCUT2D eigenvalue weighted by Gasteiger charge is -2.17. The van der Waals surface area contributed by atoms with E-state index in [-0.39, 0.29) is 11.8 Å². The molecule has 0 radical (unpaired) electrons. The zero-order chi connectivity index (χ0) is 18.3. The fraction of sp³-hybridized carbons (Fsp3) is 0.455. The van der Waals surface area contributed by atoms with Crippen LogP contribution in [0.4, 0.5) is 0 Å². The molecule has 2 unspecified atom stereocenters. The van der Waals surface area contributed by atoms with E-state index in [1.165, 1.54) is 0 Å². The lowest BCUT2D eigenvalue weighted by Crippen LogP contribution is -2.28. The van der Waals surface area contributed by atoms with Crippen LogP contribution in [0.2, 0.25) is 0 Å². The van der Waals surface area contributed by atoms with Gasteiger partial charge in [0.15, 0.2) is 0 Å². The summed E-state index contributed by atoms with van der Waals surface area (Å²) < 4.78 is 0. The van der Waals surface area contributed by atoms with Gasteiger partial charge in [-0.05, 0) is 59.7 Å². The molecule has 2 fully saturated rings. The highest BCUT2D eigenvalue weighted by Gasteiger charge is 2.25. The molecule has 2 aromatic carbocycles. The minimum absolute atomic E-state index is 0.113. The summed E-state index contributed by atoms with van der Waals surface area (Å²) in [5, 5.41) is 2.02. The van der Waals surface area contributed by atoms with E-state index in [1.807, 2.05) is 46.2 Å². The maximum absolute atomic E-state index is 12.7. The van der Waals surface area contributed by atoms with Crippen molar-refractivity contribution >= 4 is 22.6 Å². The van der Waals surface area contributed by atoms with Crippen molar-refractivity contribution in [2.75, 3.05) is 26.2 Å². The second kappa shape index (κ2) is 6.75. The van der Waals surface area contributed by atoms with Gasteiger partial charge in [0.05, 0.1) is 0 Å². The Labute approximate surface area is 154 Å². The molecular weight excluding hydrogens is 324 g/mol. The van der Waals surface area contributed by atoms with Crippen LogP contribution in [0.1, 0.15) is 47.4 Å². The molecule has 2 atom stereocenters. The highest BCUT2D eigenvalue weighted by atomic mass is 16.2. The molecule has 26 heavy (non-hydrogen) atoms. The van der Waals surface area contributed by atoms with E-state index in [0.717, 1.165) is 60.9 Å². The van der Waals surface area contributed by atoms with Crippen molar-refractivity contribution in [1.82, 2.24) is 9.80 Å². The Balaban J connectivity index is 1.56. The second-order valence-corrected chi connectivity index (χ2v) is 8.07. The van der Waals surface area contributed by atoms with Crippen molar-refractivity contribution in [2.24, 2.45) is 11.8 Å². The third kappa shape index (κ3) is 3.20. The minimum atomic E-state index is 0.113. The van der Waals surface area contributed by atoms with Crippen LogP contribution >= 0.6 is 0 Å². The molecule has 0 N–H and O–H groups in total. The molecule has 0 aliphatic carbocycles. The molecule has 2 saturated heterocycles. The van der Waals surface area contributed by atoms with E-state index >= 15 is 0 Å². The van der Waals surface area contributed by atoms with E-state index in [4.69, 9.17) is 0 Å². The van der Waals surface area contributed by atoms with E-state index in [9.17, 15) is 9.59 Å². The van der Waals surface area contributed by atoms with Gasteiger partial charge < -0.3 is 9.80 Å². The van der Waals surface area contributed by atoms with Gasteiger partial charge in [-0.15, -0.1) is 0 Å². The van der Waals surface area contributed by atoms with Crippen LogP contribution < -0.4 is 0 Å². The largest absolute Gasteiger partial charge is 0.338 e. The Bertz CT molecular complexity index is 789. The number of likely N-dealkylation sites (tertiary alicyclic amines) is 2. The van der Waals surface area contributed by atoms with E-state index in [1.54, 1.807) is 0 Å². The van der Waals surface area contributed by atoms with Gasteiger partial charge in [-0.1, -0.05) is 26.0 Å². The molecule has 0 saturated carbocycles. The molecule has 0 bridgehead atoms. The van der Waals surface area contributed by atoms with Crippen LogP contribution in [0.15, 0.2) is 36.4 Å². The molecule has 2 aliphatic rings. The number of hydrogen-bond acceptors (Lipinski definition) is 2. The highest BCUT2D eigenvalue weighted by Crippen LogP contribution is 2.24. The standard InChI is InChI=1S/C22H26N2O2/c1-15-7-9-23(13-15)21(25)19-5-3-18-12-20(6-4-17(18)11-19)22(26)24-10-8-16(2)14-24/h3-6,11-12,15-16H,7-10,13-14H2,1-2H3. The lowest BCUT2D eigenvalue weighted by molar-refractivity contribution is 0.0780. The predicted molar refractivity (Wildman–Crippen MR) is 103 cm³/mol. The molecule has 4 rings (SSSR count). The van der Waals surface area contributed by atoms with Crippen molar-refractivity contribution in [3.8, 4) is 0 Å². The number of carbonyl (C=O) groups is 2.